The largest absolute Gasteiger partial charge is 0.465 e. The summed E-state index contributed by atoms with van der Waals surface area (Å²) >= 11 is 1.74. The number of benzene rings is 1. The molecule has 1 aliphatic heterocycles. The van der Waals surface area contributed by atoms with Crippen molar-refractivity contribution < 1.29 is 9.90 Å². The van der Waals surface area contributed by atoms with Crippen LogP contribution in [-0.2, 0) is 5.75 Å². The van der Waals surface area contributed by atoms with Crippen molar-refractivity contribution in [1.29, 1.82) is 0 Å². The lowest BCUT2D eigenvalue weighted by molar-refractivity contribution is 0.136. The molecule has 0 saturated carbocycles. The van der Waals surface area contributed by atoms with Gasteiger partial charge >= 0.3 is 6.09 Å². The summed E-state index contributed by atoms with van der Waals surface area (Å²) < 4.78 is 0. The van der Waals surface area contributed by atoms with Crippen LogP contribution in [0.1, 0.15) is 24.2 Å². The van der Waals surface area contributed by atoms with Gasteiger partial charge < -0.3 is 15.0 Å². The monoisotopic (exact) mass is 333 g/mol. The maximum Gasteiger partial charge on any atom is 0.407 e. The van der Waals surface area contributed by atoms with E-state index in [9.17, 15) is 9.59 Å². The highest BCUT2D eigenvalue weighted by atomic mass is 32.2. The number of thioether (sulfide) groups is 1. The number of para-hydroxylation sites is 1. The van der Waals surface area contributed by atoms with Crippen LogP contribution >= 0.6 is 11.8 Å². The average Bonchev–Trinajstić information content (AvgIpc) is 2.54. The van der Waals surface area contributed by atoms with E-state index in [0.29, 0.717) is 35.3 Å². The second kappa shape index (κ2) is 6.62. The molecular weight excluding hydrogens is 314 g/mol. The summed E-state index contributed by atoms with van der Waals surface area (Å²) in [5.41, 5.74) is 1.65. The van der Waals surface area contributed by atoms with Crippen LogP contribution in [0, 0.1) is 6.92 Å². The second-order valence-corrected chi connectivity index (χ2v) is 7.05. The van der Waals surface area contributed by atoms with Gasteiger partial charge in [-0.05, 0) is 31.4 Å². The Bertz CT molecular complexity index is 782. The summed E-state index contributed by atoms with van der Waals surface area (Å²) in [4.78, 5) is 31.9. The Hall–Kier alpha value is -2.02. The molecular formula is C16H19N3O3S. The minimum Gasteiger partial charge on any atom is -0.465 e. The third-order valence-corrected chi connectivity index (χ3v) is 5.54. The van der Waals surface area contributed by atoms with Gasteiger partial charge in [-0.15, -0.1) is 0 Å². The van der Waals surface area contributed by atoms with E-state index in [-0.39, 0.29) is 5.56 Å². The Balaban J connectivity index is 1.67. The molecule has 0 spiro atoms. The summed E-state index contributed by atoms with van der Waals surface area (Å²) in [7, 11) is 0. The number of amides is 1. The summed E-state index contributed by atoms with van der Waals surface area (Å²) in [6.07, 6.45) is 0.839. The Kier molecular flexibility index (Phi) is 4.56. The van der Waals surface area contributed by atoms with Gasteiger partial charge in [-0.1, -0.05) is 12.1 Å². The van der Waals surface area contributed by atoms with E-state index in [1.807, 2.05) is 19.1 Å². The smallest absolute Gasteiger partial charge is 0.407 e. The quantitative estimate of drug-likeness (QED) is 0.902. The maximum absolute atomic E-state index is 12.1. The van der Waals surface area contributed by atoms with Gasteiger partial charge in [0.15, 0.2) is 0 Å². The molecule has 3 rings (SSSR count). The number of aromatic nitrogens is 2. The highest BCUT2D eigenvalue weighted by Crippen LogP contribution is 2.26. The molecule has 7 heteroatoms. The van der Waals surface area contributed by atoms with Crippen molar-refractivity contribution in [2.45, 2.75) is 30.8 Å². The molecule has 1 fully saturated rings. The minimum atomic E-state index is -0.843. The van der Waals surface area contributed by atoms with E-state index in [1.165, 1.54) is 4.90 Å². The predicted octanol–water partition coefficient (Wildman–Crippen LogP) is 2.61. The standard InChI is InChI=1S/C16H19N3O3S/c1-10-3-2-4-12-14(10)17-13(18-15(12)20)9-23-11-5-7-19(8-6-11)16(21)22/h2-4,11H,5-9H2,1H3,(H,21,22)(H,17,18,20). The van der Waals surface area contributed by atoms with Gasteiger partial charge in [-0.3, -0.25) is 4.79 Å². The van der Waals surface area contributed by atoms with Gasteiger partial charge in [0.05, 0.1) is 16.7 Å². The van der Waals surface area contributed by atoms with Crippen molar-refractivity contribution >= 4 is 28.8 Å². The highest BCUT2D eigenvalue weighted by Gasteiger charge is 2.22. The molecule has 1 amide bonds. The molecule has 2 N–H and O–H groups in total. The Morgan fingerprint density at radius 2 is 2.17 bits per heavy atom. The predicted molar refractivity (Wildman–Crippen MR) is 91.0 cm³/mol. The number of likely N-dealkylation sites (tertiary alicyclic amines) is 1. The van der Waals surface area contributed by atoms with Crippen LogP contribution in [0.15, 0.2) is 23.0 Å². The lowest BCUT2D eigenvalue weighted by atomic mass is 10.1. The zero-order valence-electron chi connectivity index (χ0n) is 12.9. The van der Waals surface area contributed by atoms with Crippen molar-refractivity contribution in [1.82, 2.24) is 14.9 Å². The molecule has 1 aliphatic rings. The van der Waals surface area contributed by atoms with Gasteiger partial charge in [0.25, 0.3) is 5.56 Å². The molecule has 1 saturated heterocycles. The topological polar surface area (TPSA) is 86.3 Å². The molecule has 23 heavy (non-hydrogen) atoms. The van der Waals surface area contributed by atoms with Crippen molar-refractivity contribution in [3.63, 3.8) is 0 Å². The zero-order chi connectivity index (χ0) is 16.4. The SMILES string of the molecule is Cc1cccc2c(=O)[nH]c(CSC3CCN(C(=O)O)CC3)nc12. The fraction of sp³-hybridized carbons (Fsp3) is 0.438. The summed E-state index contributed by atoms with van der Waals surface area (Å²) in [5.74, 6) is 1.32. The van der Waals surface area contributed by atoms with E-state index < -0.39 is 6.09 Å². The van der Waals surface area contributed by atoms with Crippen molar-refractivity contribution in [2.75, 3.05) is 13.1 Å². The Labute approximate surface area is 137 Å². The third kappa shape index (κ3) is 3.50. The number of carboxylic acid groups (broad SMARTS) is 1. The van der Waals surface area contributed by atoms with Crippen LogP contribution in [0.3, 0.4) is 0 Å². The minimum absolute atomic E-state index is 0.102. The number of carbonyl (C=O) groups is 1. The summed E-state index contributed by atoms with van der Waals surface area (Å²) in [6, 6.07) is 5.60. The molecule has 0 bridgehead atoms. The molecule has 0 aliphatic carbocycles. The first kappa shape index (κ1) is 15.9. The first-order valence-electron chi connectivity index (χ1n) is 7.62. The van der Waals surface area contributed by atoms with Crippen molar-refractivity contribution in [3.8, 4) is 0 Å². The van der Waals surface area contributed by atoms with E-state index >= 15 is 0 Å². The van der Waals surface area contributed by atoms with Crippen LogP contribution in [0.4, 0.5) is 4.79 Å². The van der Waals surface area contributed by atoms with Crippen LogP contribution in [-0.4, -0.2) is 44.4 Å². The average molecular weight is 333 g/mol. The van der Waals surface area contributed by atoms with Gasteiger partial charge in [0, 0.05) is 18.3 Å². The lowest BCUT2D eigenvalue weighted by Crippen LogP contribution is -2.38. The first-order chi connectivity index (χ1) is 11.0. The fourth-order valence-electron chi connectivity index (χ4n) is 2.83. The molecule has 122 valence electrons. The number of nitrogens with zero attached hydrogens (tertiary/aromatic N) is 2. The molecule has 1 aromatic carbocycles. The number of H-pyrrole nitrogens is 1. The normalized spacial score (nSPS) is 16.0. The maximum atomic E-state index is 12.1. The molecule has 2 aromatic rings. The number of hydrogen-bond donors (Lipinski definition) is 2. The van der Waals surface area contributed by atoms with E-state index in [4.69, 9.17) is 5.11 Å². The summed E-state index contributed by atoms with van der Waals surface area (Å²) in [5, 5.41) is 9.98. The van der Waals surface area contributed by atoms with Crippen molar-refractivity contribution in [2.24, 2.45) is 0 Å². The Morgan fingerprint density at radius 1 is 1.43 bits per heavy atom. The Morgan fingerprint density at radius 3 is 2.87 bits per heavy atom. The van der Waals surface area contributed by atoms with E-state index in [0.717, 1.165) is 23.9 Å². The number of aromatic amines is 1. The number of aryl methyl sites for hydroxylation is 1. The van der Waals surface area contributed by atoms with Crippen molar-refractivity contribution in [3.05, 3.63) is 39.9 Å². The van der Waals surface area contributed by atoms with Gasteiger partial charge in [-0.25, -0.2) is 9.78 Å². The van der Waals surface area contributed by atoms with E-state index in [1.54, 1.807) is 17.8 Å². The number of rotatable bonds is 3. The van der Waals surface area contributed by atoms with Crippen LogP contribution < -0.4 is 5.56 Å². The number of piperidine rings is 1. The number of nitrogens with one attached hydrogen (secondary N) is 1. The molecule has 0 unspecified atom stereocenters. The van der Waals surface area contributed by atoms with Gasteiger partial charge in [0.2, 0.25) is 0 Å². The number of hydrogen-bond acceptors (Lipinski definition) is 4. The molecule has 2 heterocycles. The lowest BCUT2D eigenvalue weighted by Gasteiger charge is -2.29. The van der Waals surface area contributed by atoms with Crippen LogP contribution in [0.5, 0.6) is 0 Å². The van der Waals surface area contributed by atoms with Gasteiger partial charge in [0.1, 0.15) is 5.82 Å². The van der Waals surface area contributed by atoms with Crippen LogP contribution in [0.25, 0.3) is 10.9 Å². The number of fused-ring (bicyclic) bond motifs is 1. The van der Waals surface area contributed by atoms with Crippen LogP contribution in [0.2, 0.25) is 0 Å². The van der Waals surface area contributed by atoms with Gasteiger partial charge in [-0.2, -0.15) is 11.8 Å². The fourth-order valence-corrected chi connectivity index (χ4v) is 3.91. The second-order valence-electron chi connectivity index (χ2n) is 5.76. The third-order valence-electron chi connectivity index (χ3n) is 4.16. The highest BCUT2D eigenvalue weighted by molar-refractivity contribution is 7.99. The summed E-state index contributed by atoms with van der Waals surface area (Å²) in [6.45, 7) is 3.11. The van der Waals surface area contributed by atoms with E-state index in [2.05, 4.69) is 9.97 Å². The molecule has 0 atom stereocenters. The molecule has 1 aromatic heterocycles. The zero-order valence-corrected chi connectivity index (χ0v) is 13.7. The molecule has 0 radical (unpaired) electrons. The first-order valence-corrected chi connectivity index (χ1v) is 8.67. The molecule has 6 nitrogen and oxygen atoms in total.